The maximum Gasteiger partial charge on any atom is 0.226 e. The van der Waals surface area contributed by atoms with Gasteiger partial charge in [-0.05, 0) is 24.6 Å². The van der Waals surface area contributed by atoms with Crippen LogP contribution in [-0.2, 0) is 4.79 Å². The zero-order valence-corrected chi connectivity index (χ0v) is 17.0. The van der Waals surface area contributed by atoms with Crippen LogP contribution in [0, 0.1) is 0 Å². The molecule has 146 valence electrons. The fraction of sp³-hybridized carbons (Fsp3) is 0.263. The minimum Gasteiger partial charge on any atom is -0.492 e. The molecule has 4 rings (SSSR count). The van der Waals surface area contributed by atoms with E-state index in [4.69, 9.17) is 37.4 Å². The second-order valence-corrected chi connectivity index (χ2v) is 7.93. The number of rotatable bonds is 6. The van der Waals surface area contributed by atoms with Crippen LogP contribution in [0.4, 0.5) is 5.13 Å². The number of hydrogen-bond donors (Lipinski definition) is 1. The number of halogens is 2. The Morgan fingerprint density at radius 1 is 1.18 bits per heavy atom. The molecule has 6 nitrogen and oxygen atoms in total. The first-order valence-electron chi connectivity index (χ1n) is 8.66. The van der Waals surface area contributed by atoms with Gasteiger partial charge < -0.3 is 19.5 Å². The lowest BCUT2D eigenvalue weighted by Gasteiger charge is -2.17. The van der Waals surface area contributed by atoms with E-state index in [1.165, 1.54) is 11.3 Å². The largest absolute Gasteiger partial charge is 0.492 e. The van der Waals surface area contributed by atoms with Crippen molar-refractivity contribution < 1.29 is 19.0 Å². The number of carbonyl (C=O) groups excluding carboxylic acids is 1. The highest BCUT2D eigenvalue weighted by atomic mass is 35.5. The van der Waals surface area contributed by atoms with E-state index < -0.39 is 0 Å². The van der Waals surface area contributed by atoms with E-state index in [0.29, 0.717) is 65.1 Å². The molecule has 28 heavy (non-hydrogen) atoms. The number of hydrogen-bond acceptors (Lipinski definition) is 6. The number of carbonyl (C=O) groups is 1. The van der Waals surface area contributed by atoms with E-state index in [2.05, 4.69) is 10.3 Å². The lowest BCUT2D eigenvalue weighted by atomic mass is 10.3. The van der Waals surface area contributed by atoms with Crippen molar-refractivity contribution in [2.45, 2.75) is 12.8 Å². The van der Waals surface area contributed by atoms with E-state index in [1.54, 1.807) is 18.2 Å². The van der Waals surface area contributed by atoms with Gasteiger partial charge in [-0.1, -0.05) is 34.5 Å². The van der Waals surface area contributed by atoms with Gasteiger partial charge in [0.25, 0.3) is 0 Å². The highest BCUT2D eigenvalue weighted by molar-refractivity contribution is 7.22. The number of ether oxygens (including phenoxy) is 3. The van der Waals surface area contributed by atoms with Crippen molar-refractivity contribution in [3.63, 3.8) is 0 Å². The average Bonchev–Trinajstić information content (AvgIpc) is 3.05. The summed E-state index contributed by atoms with van der Waals surface area (Å²) in [6.07, 6.45) is 0.857. The van der Waals surface area contributed by atoms with Gasteiger partial charge in [0.05, 0.1) is 21.8 Å². The van der Waals surface area contributed by atoms with E-state index >= 15 is 0 Å². The number of amides is 1. The summed E-state index contributed by atoms with van der Waals surface area (Å²) in [5.41, 5.74) is 0.769. The van der Waals surface area contributed by atoms with Crippen LogP contribution < -0.4 is 19.5 Å². The van der Waals surface area contributed by atoms with E-state index in [1.807, 2.05) is 12.1 Å². The number of nitrogens with one attached hydrogen (secondary N) is 1. The Hall–Kier alpha value is -2.22. The third-order valence-electron chi connectivity index (χ3n) is 4.00. The zero-order valence-electron chi connectivity index (χ0n) is 14.7. The number of aromatic nitrogens is 1. The Labute approximate surface area is 175 Å². The third kappa shape index (κ3) is 4.43. The van der Waals surface area contributed by atoms with Gasteiger partial charge in [0, 0.05) is 23.6 Å². The van der Waals surface area contributed by atoms with Crippen LogP contribution in [0.5, 0.6) is 17.2 Å². The van der Waals surface area contributed by atoms with Crippen LogP contribution in [-0.4, -0.2) is 30.7 Å². The fourth-order valence-corrected chi connectivity index (χ4v) is 4.06. The number of thiazole rings is 1. The second-order valence-electron chi connectivity index (χ2n) is 6.06. The number of fused-ring (bicyclic) bond motifs is 2. The number of anilines is 1. The Balaban J connectivity index is 1.30. The Morgan fingerprint density at radius 3 is 2.75 bits per heavy atom. The average molecular weight is 439 g/mol. The Morgan fingerprint density at radius 2 is 1.96 bits per heavy atom. The molecule has 0 saturated heterocycles. The predicted octanol–water partition coefficient (Wildman–Crippen LogP) is 5.17. The molecule has 0 aliphatic carbocycles. The van der Waals surface area contributed by atoms with Gasteiger partial charge in [0.1, 0.15) is 19.0 Å². The molecule has 0 bridgehead atoms. The molecule has 3 aromatic rings. The van der Waals surface area contributed by atoms with Gasteiger partial charge >= 0.3 is 0 Å². The molecule has 1 aliphatic rings. The summed E-state index contributed by atoms with van der Waals surface area (Å²) in [7, 11) is 0. The van der Waals surface area contributed by atoms with Gasteiger partial charge in [0.15, 0.2) is 16.6 Å². The van der Waals surface area contributed by atoms with E-state index in [-0.39, 0.29) is 5.91 Å². The molecule has 0 unspecified atom stereocenters. The first-order valence-corrected chi connectivity index (χ1v) is 10.2. The first kappa shape index (κ1) is 19.1. The quantitative estimate of drug-likeness (QED) is 0.537. The number of nitrogens with zero attached hydrogens (tertiary/aromatic N) is 1. The molecule has 1 amide bonds. The summed E-state index contributed by atoms with van der Waals surface area (Å²) in [6, 6.07) is 8.75. The van der Waals surface area contributed by atoms with Crippen LogP contribution in [0.15, 0.2) is 30.3 Å². The summed E-state index contributed by atoms with van der Waals surface area (Å²) in [5.74, 6) is 1.81. The molecule has 0 saturated carbocycles. The summed E-state index contributed by atoms with van der Waals surface area (Å²) in [5, 5.41) is 4.37. The Bertz CT molecular complexity index is 982. The molecule has 0 atom stereocenters. The molecule has 0 fully saturated rings. The molecule has 1 aliphatic heterocycles. The summed E-state index contributed by atoms with van der Waals surface area (Å²) in [4.78, 5) is 16.6. The summed E-state index contributed by atoms with van der Waals surface area (Å²) in [6.45, 7) is 1.43. The first-order chi connectivity index (χ1) is 13.6. The molecule has 0 spiro atoms. The molecule has 9 heteroatoms. The van der Waals surface area contributed by atoms with Crippen molar-refractivity contribution in [1.29, 1.82) is 0 Å². The highest BCUT2D eigenvalue weighted by Crippen LogP contribution is 2.37. The van der Waals surface area contributed by atoms with Crippen molar-refractivity contribution in [2.24, 2.45) is 0 Å². The molecule has 1 aromatic heterocycles. The summed E-state index contributed by atoms with van der Waals surface area (Å²) < 4.78 is 17.7. The van der Waals surface area contributed by atoms with Crippen LogP contribution >= 0.6 is 34.5 Å². The minimum absolute atomic E-state index is 0.123. The van der Waals surface area contributed by atoms with Gasteiger partial charge in [0.2, 0.25) is 5.91 Å². The van der Waals surface area contributed by atoms with Crippen molar-refractivity contribution >= 4 is 55.8 Å². The maximum atomic E-state index is 12.2. The van der Waals surface area contributed by atoms with Gasteiger partial charge in [-0.25, -0.2) is 4.98 Å². The topological polar surface area (TPSA) is 69.7 Å². The van der Waals surface area contributed by atoms with Crippen molar-refractivity contribution in [1.82, 2.24) is 4.98 Å². The molecule has 2 aromatic carbocycles. The molecule has 2 heterocycles. The molecular weight excluding hydrogens is 423 g/mol. The fourth-order valence-electron chi connectivity index (χ4n) is 2.71. The van der Waals surface area contributed by atoms with Gasteiger partial charge in [-0.15, -0.1) is 0 Å². The second kappa shape index (κ2) is 8.43. The normalized spacial score (nSPS) is 12.8. The van der Waals surface area contributed by atoms with Crippen molar-refractivity contribution in [3.8, 4) is 17.2 Å². The third-order valence-corrected chi connectivity index (χ3v) is 5.46. The van der Waals surface area contributed by atoms with Crippen LogP contribution in [0.2, 0.25) is 10.0 Å². The van der Waals surface area contributed by atoms with Crippen LogP contribution in [0.25, 0.3) is 10.2 Å². The lowest BCUT2D eigenvalue weighted by molar-refractivity contribution is -0.116. The lowest BCUT2D eigenvalue weighted by Crippen LogP contribution is -2.15. The molecular formula is C19H16Cl2N2O4S. The molecule has 1 N–H and O–H groups in total. The molecule has 0 radical (unpaired) electrons. The monoisotopic (exact) mass is 438 g/mol. The summed E-state index contributed by atoms with van der Waals surface area (Å²) >= 11 is 13.3. The maximum absolute atomic E-state index is 12.2. The minimum atomic E-state index is -0.123. The highest BCUT2D eigenvalue weighted by Gasteiger charge is 2.16. The van der Waals surface area contributed by atoms with E-state index in [0.717, 1.165) is 10.2 Å². The van der Waals surface area contributed by atoms with Crippen molar-refractivity contribution in [2.75, 3.05) is 25.1 Å². The standard InChI is InChI=1S/C19H16Cl2N2O4S/c20-11-3-4-14(12(21)8-11)25-5-1-2-18(24)23-19-22-13-9-15-16(10-17(13)28-19)27-7-6-26-15/h3-4,8-10H,1-2,5-7H2,(H,22,23,24). The number of benzene rings is 2. The van der Waals surface area contributed by atoms with Crippen LogP contribution in [0.3, 0.4) is 0 Å². The SMILES string of the molecule is O=C(CCCOc1ccc(Cl)cc1Cl)Nc1nc2cc3c(cc2s1)OCCO3. The van der Waals surface area contributed by atoms with E-state index in [9.17, 15) is 4.79 Å². The predicted molar refractivity (Wildman–Crippen MR) is 110 cm³/mol. The van der Waals surface area contributed by atoms with Gasteiger partial charge in [-0.3, -0.25) is 4.79 Å². The van der Waals surface area contributed by atoms with Gasteiger partial charge in [-0.2, -0.15) is 0 Å². The Kier molecular flexibility index (Phi) is 5.75. The van der Waals surface area contributed by atoms with Crippen molar-refractivity contribution in [3.05, 3.63) is 40.4 Å². The smallest absolute Gasteiger partial charge is 0.226 e. The van der Waals surface area contributed by atoms with Crippen LogP contribution in [0.1, 0.15) is 12.8 Å². The zero-order chi connectivity index (χ0) is 19.5.